The van der Waals surface area contributed by atoms with Crippen molar-refractivity contribution >= 4 is 28.7 Å². The molecule has 5 rings (SSSR count). The van der Waals surface area contributed by atoms with Gasteiger partial charge in [0.05, 0.1) is 23.7 Å². The van der Waals surface area contributed by atoms with Gasteiger partial charge in [-0.05, 0) is 43.7 Å². The molecule has 1 saturated heterocycles. The van der Waals surface area contributed by atoms with Crippen molar-refractivity contribution in [2.75, 3.05) is 37.6 Å². The maximum absolute atomic E-state index is 15.2. The van der Waals surface area contributed by atoms with Crippen molar-refractivity contribution in [1.82, 2.24) is 14.9 Å². The zero-order chi connectivity index (χ0) is 22.9. The number of pyridine rings is 1. The topological polar surface area (TPSA) is 83.1 Å². The summed E-state index contributed by atoms with van der Waals surface area (Å²) in [5.74, 6) is -0.613. The van der Waals surface area contributed by atoms with Crippen LogP contribution in [0.2, 0.25) is 0 Å². The van der Waals surface area contributed by atoms with Crippen LogP contribution < -0.4 is 15.8 Å². The van der Waals surface area contributed by atoms with E-state index in [1.54, 1.807) is 24.4 Å². The third-order valence-corrected chi connectivity index (χ3v) is 6.35. The monoisotopic (exact) mass is 451 g/mol. The van der Waals surface area contributed by atoms with Crippen LogP contribution in [0.5, 0.6) is 0 Å². The van der Waals surface area contributed by atoms with E-state index in [9.17, 15) is 9.59 Å². The largest absolute Gasteiger partial charge is 0.463 e. The molecule has 1 aliphatic heterocycles. The van der Waals surface area contributed by atoms with Crippen molar-refractivity contribution in [3.8, 4) is 0 Å². The highest BCUT2D eigenvalue weighted by Gasteiger charge is 2.28. The van der Waals surface area contributed by atoms with Crippen molar-refractivity contribution in [1.29, 1.82) is 0 Å². The first kappa shape index (κ1) is 21.4. The zero-order valence-electron chi connectivity index (χ0n) is 18.5. The van der Waals surface area contributed by atoms with Gasteiger partial charge in [0.15, 0.2) is 0 Å². The number of nitrogens with zero attached hydrogens (tertiary/aromatic N) is 4. The van der Waals surface area contributed by atoms with Gasteiger partial charge in [0.1, 0.15) is 17.1 Å². The van der Waals surface area contributed by atoms with Gasteiger partial charge in [-0.3, -0.25) is 9.59 Å². The average Bonchev–Trinajstić information content (AvgIpc) is 3.54. The third kappa shape index (κ3) is 4.28. The van der Waals surface area contributed by atoms with E-state index >= 15 is 4.39 Å². The Hall–Kier alpha value is -3.46. The maximum atomic E-state index is 15.2. The average molecular weight is 452 g/mol. The number of nitrogens with one attached hydrogen (secondary N) is 1. The van der Waals surface area contributed by atoms with Crippen LogP contribution in [0.4, 0.5) is 10.1 Å². The Morgan fingerprint density at radius 3 is 2.73 bits per heavy atom. The molecule has 8 nitrogen and oxygen atoms in total. The number of aromatic nitrogens is 1. The molecule has 9 heteroatoms. The number of benzene rings is 1. The molecule has 0 bridgehead atoms. The lowest BCUT2D eigenvalue weighted by Gasteiger charge is -2.35. The van der Waals surface area contributed by atoms with Crippen molar-refractivity contribution in [2.45, 2.75) is 25.8 Å². The van der Waals surface area contributed by atoms with Gasteiger partial charge in [-0.2, -0.15) is 5.10 Å². The Labute approximate surface area is 190 Å². The van der Waals surface area contributed by atoms with Crippen LogP contribution in [-0.2, 0) is 0 Å². The summed E-state index contributed by atoms with van der Waals surface area (Å²) in [6.45, 7) is 6.32. The summed E-state index contributed by atoms with van der Waals surface area (Å²) in [6.07, 6.45) is 6.34. The summed E-state index contributed by atoms with van der Waals surface area (Å²) in [5.41, 5.74) is 2.97. The number of halogens is 1. The molecule has 1 aromatic carbocycles. The molecule has 3 heterocycles. The molecule has 172 valence electrons. The molecule has 1 amide bonds. The summed E-state index contributed by atoms with van der Waals surface area (Å²) in [6, 6.07) is 6.63. The van der Waals surface area contributed by atoms with Crippen LogP contribution in [0.25, 0.3) is 10.9 Å². The summed E-state index contributed by atoms with van der Waals surface area (Å²) in [7, 11) is 0. The minimum Gasteiger partial charge on any atom is -0.463 e. The summed E-state index contributed by atoms with van der Waals surface area (Å²) in [4.78, 5) is 30.2. The number of fused-ring (bicyclic) bond motifs is 1. The number of furan rings is 1. The smallest absolute Gasteiger partial charge is 0.276 e. The second-order valence-corrected chi connectivity index (χ2v) is 8.47. The van der Waals surface area contributed by atoms with Crippen LogP contribution in [0.15, 0.2) is 51.0 Å². The lowest BCUT2D eigenvalue weighted by atomic mass is 10.1. The Morgan fingerprint density at radius 2 is 2.06 bits per heavy atom. The number of hydrogen-bond acceptors (Lipinski definition) is 6. The lowest BCUT2D eigenvalue weighted by molar-refractivity contribution is 0.0953. The lowest BCUT2D eigenvalue weighted by Crippen LogP contribution is -2.46. The first-order valence-electron chi connectivity index (χ1n) is 11.3. The number of hydrazone groups is 1. The minimum atomic E-state index is -0.640. The Balaban J connectivity index is 1.49. The second-order valence-electron chi connectivity index (χ2n) is 8.47. The van der Waals surface area contributed by atoms with Crippen LogP contribution in [0, 0.1) is 5.82 Å². The number of rotatable bonds is 6. The van der Waals surface area contributed by atoms with E-state index in [0.717, 1.165) is 45.6 Å². The van der Waals surface area contributed by atoms with Gasteiger partial charge in [0, 0.05) is 43.8 Å². The number of anilines is 1. The van der Waals surface area contributed by atoms with E-state index in [4.69, 9.17) is 4.42 Å². The molecule has 0 spiro atoms. The fourth-order valence-electron chi connectivity index (χ4n) is 4.30. The number of amides is 1. The number of carbonyl (C=O) groups excluding carboxylic acids is 1. The normalized spacial score (nSPS) is 17.2. The van der Waals surface area contributed by atoms with E-state index in [-0.39, 0.29) is 17.0 Å². The first-order chi connectivity index (χ1) is 16.0. The van der Waals surface area contributed by atoms with Gasteiger partial charge >= 0.3 is 0 Å². The molecule has 33 heavy (non-hydrogen) atoms. The van der Waals surface area contributed by atoms with Gasteiger partial charge in [-0.25, -0.2) is 9.82 Å². The van der Waals surface area contributed by atoms with Crippen molar-refractivity contribution in [3.63, 3.8) is 0 Å². The van der Waals surface area contributed by atoms with Crippen molar-refractivity contribution < 1.29 is 13.6 Å². The maximum Gasteiger partial charge on any atom is 0.276 e. The van der Waals surface area contributed by atoms with Gasteiger partial charge in [0.2, 0.25) is 5.43 Å². The standard InChI is InChI=1S/C24H26FN5O3/c1-2-28-7-9-29(10-8-28)22-13-21-18(12-20(22)25)23(31)19(15-30(21)16-5-6-16)24(32)27-26-14-17-4-3-11-33-17/h3-4,11-16H,2,5-10H2,1H3,(H,27,32)/b26-14-. The van der Waals surface area contributed by atoms with Gasteiger partial charge < -0.3 is 18.8 Å². The molecule has 0 atom stereocenters. The third-order valence-electron chi connectivity index (χ3n) is 6.35. The minimum absolute atomic E-state index is 0.0605. The Morgan fingerprint density at radius 1 is 1.27 bits per heavy atom. The van der Waals surface area contributed by atoms with Crippen LogP contribution in [0.1, 0.15) is 41.9 Å². The predicted octanol–water partition coefficient (Wildman–Crippen LogP) is 2.97. The van der Waals surface area contributed by atoms with E-state index in [2.05, 4.69) is 22.4 Å². The number of likely N-dealkylation sites (N-methyl/N-ethyl adjacent to an activating group) is 1. The molecular weight excluding hydrogens is 425 g/mol. The number of piperazine rings is 1. The fraction of sp³-hybridized carbons (Fsp3) is 0.375. The zero-order valence-corrected chi connectivity index (χ0v) is 18.5. The Kier molecular flexibility index (Phi) is 5.72. The molecule has 1 aliphatic carbocycles. The molecule has 2 aromatic heterocycles. The van der Waals surface area contributed by atoms with Crippen LogP contribution >= 0.6 is 0 Å². The number of hydrogen-bond donors (Lipinski definition) is 1. The van der Waals surface area contributed by atoms with Crippen molar-refractivity contribution in [2.24, 2.45) is 5.10 Å². The van der Waals surface area contributed by atoms with Crippen molar-refractivity contribution in [3.05, 3.63) is 64.1 Å². The molecule has 3 aromatic rings. The molecule has 1 N–H and O–H groups in total. The first-order valence-corrected chi connectivity index (χ1v) is 11.3. The van der Waals surface area contributed by atoms with Gasteiger partial charge in [0.25, 0.3) is 5.91 Å². The van der Waals surface area contributed by atoms with Crippen LogP contribution in [-0.4, -0.2) is 54.3 Å². The van der Waals surface area contributed by atoms with Gasteiger partial charge in [-0.1, -0.05) is 6.92 Å². The quantitative estimate of drug-likeness (QED) is 0.460. The van der Waals surface area contributed by atoms with Crippen LogP contribution in [0.3, 0.4) is 0 Å². The molecule has 2 fully saturated rings. The highest BCUT2D eigenvalue weighted by atomic mass is 19.1. The summed E-state index contributed by atoms with van der Waals surface area (Å²) < 4.78 is 22.2. The molecule has 0 unspecified atom stereocenters. The summed E-state index contributed by atoms with van der Waals surface area (Å²) in [5, 5.41) is 4.06. The Bertz CT molecular complexity index is 1260. The predicted molar refractivity (Wildman–Crippen MR) is 125 cm³/mol. The van der Waals surface area contributed by atoms with E-state index < -0.39 is 17.2 Å². The van der Waals surface area contributed by atoms with E-state index in [1.165, 1.54) is 18.5 Å². The second kappa shape index (κ2) is 8.82. The highest BCUT2D eigenvalue weighted by molar-refractivity contribution is 5.98. The molecular formula is C24H26FN5O3. The fourth-order valence-corrected chi connectivity index (χ4v) is 4.30. The van der Waals surface area contributed by atoms with E-state index in [0.29, 0.717) is 17.0 Å². The van der Waals surface area contributed by atoms with Gasteiger partial charge in [-0.15, -0.1) is 0 Å². The summed E-state index contributed by atoms with van der Waals surface area (Å²) >= 11 is 0. The number of carbonyl (C=O) groups is 1. The molecule has 1 saturated carbocycles. The SMILES string of the molecule is CCN1CCN(c2cc3c(cc2F)c(=O)c(C(=O)N/N=C\c2ccco2)cn3C2CC2)CC1. The van der Waals surface area contributed by atoms with E-state index in [1.807, 2.05) is 9.47 Å². The molecule has 2 aliphatic rings. The molecule has 0 radical (unpaired) electrons. The highest BCUT2D eigenvalue weighted by Crippen LogP contribution is 2.38.